The largest absolute Gasteiger partial charge is 0.283 e. The Morgan fingerprint density at radius 1 is 1.00 bits per heavy atom. The maximum Gasteiger partial charge on any atom is 0.140 e. The van der Waals surface area contributed by atoms with Crippen molar-refractivity contribution in [2.75, 3.05) is 0 Å². The van der Waals surface area contributed by atoms with Gasteiger partial charge in [-0.05, 0) is 36.8 Å². The number of aromatic nitrogens is 4. The molecular weight excluding hydrogens is 308 g/mol. The SMILES string of the molecule is Cc1ccncc1-c1cccc2c1ncn2-c1cccc(Cl)n1. The number of hydrogen-bond acceptors (Lipinski definition) is 3. The van der Waals surface area contributed by atoms with Crippen molar-refractivity contribution in [3.8, 4) is 16.9 Å². The fourth-order valence-electron chi connectivity index (χ4n) is 2.72. The van der Waals surface area contributed by atoms with Gasteiger partial charge in [0.05, 0.1) is 11.0 Å². The molecule has 4 rings (SSSR count). The van der Waals surface area contributed by atoms with Gasteiger partial charge in [0, 0.05) is 23.5 Å². The highest BCUT2D eigenvalue weighted by atomic mass is 35.5. The van der Waals surface area contributed by atoms with Crippen LogP contribution >= 0.6 is 11.6 Å². The minimum Gasteiger partial charge on any atom is -0.283 e. The van der Waals surface area contributed by atoms with E-state index in [-0.39, 0.29) is 0 Å². The number of pyridine rings is 2. The Bertz CT molecular complexity index is 1010. The second kappa shape index (κ2) is 5.48. The van der Waals surface area contributed by atoms with Gasteiger partial charge in [0.2, 0.25) is 0 Å². The summed E-state index contributed by atoms with van der Waals surface area (Å²) >= 11 is 6.01. The number of benzene rings is 1. The zero-order valence-corrected chi connectivity index (χ0v) is 13.2. The number of nitrogens with zero attached hydrogens (tertiary/aromatic N) is 4. The summed E-state index contributed by atoms with van der Waals surface area (Å²) in [4.78, 5) is 13.2. The van der Waals surface area contributed by atoms with Crippen molar-refractivity contribution < 1.29 is 0 Å². The molecule has 0 spiro atoms. The van der Waals surface area contributed by atoms with E-state index in [1.54, 1.807) is 18.6 Å². The number of rotatable bonds is 2. The predicted molar refractivity (Wildman–Crippen MR) is 91.8 cm³/mol. The summed E-state index contributed by atoms with van der Waals surface area (Å²) in [7, 11) is 0. The van der Waals surface area contributed by atoms with Crippen molar-refractivity contribution in [3.63, 3.8) is 0 Å². The quantitative estimate of drug-likeness (QED) is 0.513. The molecule has 0 saturated carbocycles. The average molecular weight is 321 g/mol. The molecule has 4 aromatic rings. The van der Waals surface area contributed by atoms with Gasteiger partial charge in [-0.3, -0.25) is 9.55 Å². The third kappa shape index (κ3) is 2.37. The summed E-state index contributed by atoms with van der Waals surface area (Å²) in [6, 6.07) is 13.7. The lowest BCUT2D eigenvalue weighted by molar-refractivity contribution is 1.02. The first-order valence-corrected chi connectivity index (χ1v) is 7.62. The van der Waals surface area contributed by atoms with Crippen molar-refractivity contribution in [3.05, 3.63) is 71.9 Å². The summed E-state index contributed by atoms with van der Waals surface area (Å²) in [6.07, 6.45) is 5.45. The highest BCUT2D eigenvalue weighted by Gasteiger charge is 2.12. The molecule has 5 heteroatoms. The number of imidazole rings is 1. The van der Waals surface area contributed by atoms with Gasteiger partial charge in [-0.25, -0.2) is 9.97 Å². The monoisotopic (exact) mass is 320 g/mol. The summed E-state index contributed by atoms with van der Waals surface area (Å²) in [5, 5.41) is 0.462. The highest BCUT2D eigenvalue weighted by Crippen LogP contribution is 2.30. The Balaban J connectivity index is 1.96. The predicted octanol–water partition coefficient (Wildman–Crippen LogP) is 4.44. The van der Waals surface area contributed by atoms with E-state index in [0.29, 0.717) is 5.15 Å². The molecule has 0 unspecified atom stereocenters. The Morgan fingerprint density at radius 2 is 1.87 bits per heavy atom. The van der Waals surface area contributed by atoms with Crippen LogP contribution in [0, 0.1) is 6.92 Å². The summed E-state index contributed by atoms with van der Waals surface area (Å²) in [5.41, 5.74) is 5.23. The van der Waals surface area contributed by atoms with E-state index >= 15 is 0 Å². The topological polar surface area (TPSA) is 43.6 Å². The molecule has 0 aliphatic carbocycles. The van der Waals surface area contributed by atoms with E-state index in [2.05, 4.69) is 27.9 Å². The normalized spacial score (nSPS) is 11.0. The van der Waals surface area contributed by atoms with Gasteiger partial charge in [0.15, 0.2) is 0 Å². The Hall–Kier alpha value is -2.72. The highest BCUT2D eigenvalue weighted by molar-refractivity contribution is 6.29. The molecule has 1 aromatic carbocycles. The second-order valence-corrected chi connectivity index (χ2v) is 5.68. The summed E-state index contributed by atoms with van der Waals surface area (Å²) < 4.78 is 1.94. The zero-order chi connectivity index (χ0) is 15.8. The van der Waals surface area contributed by atoms with Crippen LogP contribution in [0.2, 0.25) is 5.15 Å². The molecule has 0 saturated heterocycles. The van der Waals surface area contributed by atoms with Crippen LogP contribution in [0.3, 0.4) is 0 Å². The lowest BCUT2D eigenvalue weighted by Crippen LogP contribution is -1.95. The molecule has 23 heavy (non-hydrogen) atoms. The number of halogens is 1. The van der Waals surface area contributed by atoms with E-state index in [1.807, 2.05) is 41.1 Å². The van der Waals surface area contributed by atoms with Crippen molar-refractivity contribution in [2.24, 2.45) is 0 Å². The molecule has 0 N–H and O–H groups in total. The van der Waals surface area contributed by atoms with Gasteiger partial charge in [-0.15, -0.1) is 0 Å². The smallest absolute Gasteiger partial charge is 0.140 e. The standard InChI is InChI=1S/C18H13ClN4/c1-12-8-9-20-10-14(12)13-4-2-5-15-18(13)21-11-23(15)17-7-3-6-16(19)22-17/h2-11H,1H3. The fourth-order valence-corrected chi connectivity index (χ4v) is 2.88. The number of hydrogen-bond donors (Lipinski definition) is 0. The van der Waals surface area contributed by atoms with Crippen molar-refractivity contribution in [1.29, 1.82) is 0 Å². The van der Waals surface area contributed by atoms with Gasteiger partial charge in [-0.1, -0.05) is 29.8 Å². The molecule has 3 aromatic heterocycles. The lowest BCUT2D eigenvalue weighted by atomic mass is 10.0. The fraction of sp³-hybridized carbons (Fsp3) is 0.0556. The van der Waals surface area contributed by atoms with Crippen LogP contribution < -0.4 is 0 Å². The van der Waals surface area contributed by atoms with E-state index in [0.717, 1.165) is 28.0 Å². The minimum atomic E-state index is 0.462. The second-order valence-electron chi connectivity index (χ2n) is 5.30. The Labute approximate surface area is 138 Å². The molecule has 0 aliphatic heterocycles. The van der Waals surface area contributed by atoms with Crippen LogP contribution in [-0.4, -0.2) is 19.5 Å². The Morgan fingerprint density at radius 3 is 2.70 bits per heavy atom. The summed E-state index contributed by atoms with van der Waals surface area (Å²) in [6.45, 7) is 2.07. The van der Waals surface area contributed by atoms with Crippen molar-refractivity contribution >= 4 is 22.6 Å². The molecule has 0 radical (unpaired) electrons. The third-order valence-electron chi connectivity index (χ3n) is 3.85. The van der Waals surface area contributed by atoms with Crippen LogP contribution in [0.1, 0.15) is 5.56 Å². The molecule has 112 valence electrons. The van der Waals surface area contributed by atoms with Crippen molar-refractivity contribution in [1.82, 2.24) is 19.5 Å². The molecule has 0 amide bonds. The third-order valence-corrected chi connectivity index (χ3v) is 4.06. The van der Waals surface area contributed by atoms with Gasteiger partial charge in [-0.2, -0.15) is 0 Å². The van der Waals surface area contributed by atoms with E-state index in [9.17, 15) is 0 Å². The van der Waals surface area contributed by atoms with Crippen LogP contribution in [0.25, 0.3) is 28.0 Å². The van der Waals surface area contributed by atoms with Crippen LogP contribution in [0.4, 0.5) is 0 Å². The van der Waals surface area contributed by atoms with E-state index in [4.69, 9.17) is 11.6 Å². The molecule has 0 bridgehead atoms. The lowest BCUT2D eigenvalue weighted by Gasteiger charge is -2.07. The molecule has 0 fully saturated rings. The average Bonchev–Trinajstić information content (AvgIpc) is 2.99. The van der Waals surface area contributed by atoms with Crippen LogP contribution in [-0.2, 0) is 0 Å². The summed E-state index contributed by atoms with van der Waals surface area (Å²) in [5.74, 6) is 0.750. The first kappa shape index (κ1) is 13.9. The number of para-hydroxylation sites is 1. The van der Waals surface area contributed by atoms with Crippen molar-refractivity contribution in [2.45, 2.75) is 6.92 Å². The first-order chi connectivity index (χ1) is 11.2. The number of fused-ring (bicyclic) bond motifs is 1. The first-order valence-electron chi connectivity index (χ1n) is 7.24. The van der Waals surface area contributed by atoms with Crippen LogP contribution in [0.15, 0.2) is 61.2 Å². The molecule has 0 atom stereocenters. The molecular formula is C18H13ClN4. The molecule has 4 nitrogen and oxygen atoms in total. The van der Waals surface area contributed by atoms with Gasteiger partial charge in [0.25, 0.3) is 0 Å². The van der Waals surface area contributed by atoms with E-state index in [1.165, 1.54) is 5.56 Å². The van der Waals surface area contributed by atoms with Gasteiger partial charge in [0.1, 0.15) is 17.3 Å². The maximum absolute atomic E-state index is 6.01. The Kier molecular flexibility index (Phi) is 3.32. The maximum atomic E-state index is 6.01. The zero-order valence-electron chi connectivity index (χ0n) is 12.4. The minimum absolute atomic E-state index is 0.462. The van der Waals surface area contributed by atoms with Gasteiger partial charge >= 0.3 is 0 Å². The van der Waals surface area contributed by atoms with Gasteiger partial charge < -0.3 is 0 Å². The van der Waals surface area contributed by atoms with E-state index < -0.39 is 0 Å². The molecule has 3 heterocycles. The van der Waals surface area contributed by atoms with Crippen LogP contribution in [0.5, 0.6) is 0 Å². The number of aryl methyl sites for hydroxylation is 1. The molecule has 0 aliphatic rings.